The molecule has 12 heavy (non-hydrogen) atoms. The number of hydrogen-bond acceptors (Lipinski definition) is 2. The first-order chi connectivity index (χ1) is 5.59. The molecule has 0 aromatic heterocycles. The molecule has 0 aromatic carbocycles. The van der Waals surface area contributed by atoms with E-state index in [1.807, 2.05) is 19.9 Å². The lowest BCUT2D eigenvalue weighted by molar-refractivity contribution is -0.118. The predicted octanol–water partition coefficient (Wildman–Crippen LogP) is 0.504. The van der Waals surface area contributed by atoms with Gasteiger partial charge in [-0.15, -0.1) is 0 Å². The predicted molar refractivity (Wildman–Crippen MR) is 44.5 cm³/mol. The van der Waals surface area contributed by atoms with E-state index in [1.54, 1.807) is 0 Å². The highest BCUT2D eigenvalue weighted by Gasteiger charge is 2.24. The molecule has 1 saturated heterocycles. The van der Waals surface area contributed by atoms with Gasteiger partial charge >= 0.3 is 6.03 Å². The van der Waals surface area contributed by atoms with Crippen molar-refractivity contribution in [3.63, 3.8) is 0 Å². The summed E-state index contributed by atoms with van der Waals surface area (Å²) in [6.45, 7) is 4.61. The molecule has 0 unspecified atom stereocenters. The minimum absolute atomic E-state index is 0.183. The van der Waals surface area contributed by atoms with Crippen LogP contribution in [0.5, 0.6) is 0 Å². The van der Waals surface area contributed by atoms with Crippen molar-refractivity contribution >= 4 is 11.9 Å². The van der Waals surface area contributed by atoms with Crippen LogP contribution >= 0.6 is 0 Å². The van der Waals surface area contributed by atoms with Gasteiger partial charge in [0.2, 0.25) is 5.91 Å². The number of nitrogens with zero attached hydrogens (tertiary/aromatic N) is 1. The summed E-state index contributed by atoms with van der Waals surface area (Å²) in [6, 6.07) is -0.294. The van der Waals surface area contributed by atoms with E-state index >= 15 is 0 Å². The van der Waals surface area contributed by atoms with Gasteiger partial charge in [-0.2, -0.15) is 0 Å². The monoisotopic (exact) mass is 168 g/mol. The first-order valence-electron chi connectivity index (χ1n) is 3.81. The summed E-state index contributed by atoms with van der Waals surface area (Å²) >= 11 is 0. The molecular weight excluding hydrogens is 156 g/mol. The number of nitrogens with one attached hydrogen (secondary N) is 1. The van der Waals surface area contributed by atoms with Crippen molar-refractivity contribution in [2.24, 2.45) is 0 Å². The molecule has 0 radical (unpaired) electrons. The Hall–Kier alpha value is -1.32. The van der Waals surface area contributed by atoms with Crippen molar-refractivity contribution in [1.29, 1.82) is 0 Å². The Morgan fingerprint density at radius 2 is 2.25 bits per heavy atom. The zero-order valence-corrected chi connectivity index (χ0v) is 7.26. The van der Waals surface area contributed by atoms with Crippen molar-refractivity contribution in [3.8, 4) is 0 Å². The Morgan fingerprint density at radius 3 is 2.67 bits per heavy atom. The van der Waals surface area contributed by atoms with E-state index in [-0.39, 0.29) is 18.5 Å². The number of urea groups is 1. The van der Waals surface area contributed by atoms with Crippen LogP contribution in [0.2, 0.25) is 0 Å². The highest BCUT2D eigenvalue weighted by Crippen LogP contribution is 1.99. The molecule has 1 aliphatic heterocycles. The number of carbonyl (C=O) groups excluding carboxylic acids is 2. The van der Waals surface area contributed by atoms with Crippen molar-refractivity contribution in [3.05, 3.63) is 11.6 Å². The Kier molecular flexibility index (Phi) is 2.47. The average molecular weight is 168 g/mol. The van der Waals surface area contributed by atoms with Crippen LogP contribution in [0, 0.1) is 0 Å². The van der Waals surface area contributed by atoms with E-state index in [0.29, 0.717) is 6.54 Å². The number of hydrogen-bond donors (Lipinski definition) is 1. The smallest absolute Gasteiger partial charge is 0.311 e. The Morgan fingerprint density at radius 1 is 1.58 bits per heavy atom. The maximum Gasteiger partial charge on any atom is 0.324 e. The summed E-state index contributed by atoms with van der Waals surface area (Å²) in [5, 5.41) is 2.21. The van der Waals surface area contributed by atoms with Crippen molar-refractivity contribution in [2.75, 3.05) is 13.1 Å². The molecule has 4 nitrogen and oxygen atoms in total. The molecular formula is C8H12N2O2. The largest absolute Gasteiger partial charge is 0.324 e. The molecule has 0 atom stereocenters. The van der Waals surface area contributed by atoms with Crippen molar-refractivity contribution in [2.45, 2.75) is 13.8 Å². The topological polar surface area (TPSA) is 49.4 Å². The van der Waals surface area contributed by atoms with Crippen molar-refractivity contribution in [1.82, 2.24) is 10.2 Å². The van der Waals surface area contributed by atoms with Crippen LogP contribution in [0.25, 0.3) is 0 Å². The van der Waals surface area contributed by atoms with Gasteiger partial charge in [0, 0.05) is 6.54 Å². The number of allylic oxidation sites excluding steroid dienone is 1. The first kappa shape index (κ1) is 8.77. The molecule has 1 fully saturated rings. The maximum absolute atomic E-state index is 11.0. The summed E-state index contributed by atoms with van der Waals surface area (Å²) in [4.78, 5) is 23.1. The van der Waals surface area contributed by atoms with Crippen molar-refractivity contribution < 1.29 is 9.59 Å². The zero-order valence-electron chi connectivity index (χ0n) is 7.26. The molecule has 4 heteroatoms. The first-order valence-corrected chi connectivity index (χ1v) is 3.81. The van der Waals surface area contributed by atoms with E-state index in [2.05, 4.69) is 5.32 Å². The minimum Gasteiger partial charge on any atom is -0.311 e. The van der Waals surface area contributed by atoms with Gasteiger partial charge in [-0.05, 0) is 13.8 Å². The van der Waals surface area contributed by atoms with E-state index in [1.165, 1.54) is 4.90 Å². The number of amides is 3. The van der Waals surface area contributed by atoms with E-state index in [4.69, 9.17) is 0 Å². The van der Waals surface area contributed by atoms with Crippen LogP contribution < -0.4 is 5.32 Å². The van der Waals surface area contributed by atoms with Gasteiger partial charge in [0.15, 0.2) is 0 Å². The molecule has 1 aliphatic rings. The Balaban J connectivity index is 2.49. The summed E-state index contributed by atoms with van der Waals surface area (Å²) < 4.78 is 0. The summed E-state index contributed by atoms with van der Waals surface area (Å²) in [7, 11) is 0. The van der Waals surface area contributed by atoms with Gasteiger partial charge in [-0.1, -0.05) is 11.6 Å². The van der Waals surface area contributed by atoms with Gasteiger partial charge in [0.05, 0.1) is 0 Å². The van der Waals surface area contributed by atoms with Crippen LogP contribution in [-0.2, 0) is 4.79 Å². The number of carbonyl (C=O) groups is 2. The lowest BCUT2D eigenvalue weighted by Gasteiger charge is -2.09. The van der Waals surface area contributed by atoms with Crippen LogP contribution in [0.4, 0.5) is 4.79 Å². The van der Waals surface area contributed by atoms with Gasteiger partial charge in [-0.3, -0.25) is 10.1 Å². The van der Waals surface area contributed by atoms with Crippen LogP contribution in [0.1, 0.15) is 13.8 Å². The fraction of sp³-hybridized carbons (Fsp3) is 0.500. The van der Waals surface area contributed by atoms with E-state index in [0.717, 1.165) is 5.57 Å². The molecule has 0 aliphatic carbocycles. The van der Waals surface area contributed by atoms with Gasteiger partial charge < -0.3 is 4.90 Å². The Bertz CT molecular complexity index is 241. The second kappa shape index (κ2) is 3.38. The lowest BCUT2D eigenvalue weighted by atomic mass is 10.3. The molecule has 0 saturated carbocycles. The summed E-state index contributed by atoms with van der Waals surface area (Å²) in [5.41, 5.74) is 1.14. The number of imide groups is 1. The maximum atomic E-state index is 11.0. The third-order valence-corrected chi connectivity index (χ3v) is 1.59. The molecule has 1 heterocycles. The molecule has 0 spiro atoms. The van der Waals surface area contributed by atoms with Gasteiger partial charge in [0.1, 0.15) is 6.54 Å². The third-order valence-electron chi connectivity index (χ3n) is 1.59. The van der Waals surface area contributed by atoms with Crippen LogP contribution in [0.3, 0.4) is 0 Å². The third kappa shape index (κ3) is 2.08. The molecule has 1 N–H and O–H groups in total. The number of rotatable bonds is 2. The SMILES string of the molecule is CC(C)=CCN1CC(=O)NC1=O. The standard InChI is InChI=1S/C8H12N2O2/c1-6(2)3-4-10-5-7(11)9-8(10)12/h3H,4-5H2,1-2H3,(H,9,11,12). The zero-order chi connectivity index (χ0) is 9.14. The van der Waals surface area contributed by atoms with Crippen LogP contribution in [0.15, 0.2) is 11.6 Å². The lowest BCUT2D eigenvalue weighted by Crippen LogP contribution is -2.28. The second-order valence-corrected chi connectivity index (χ2v) is 3.02. The fourth-order valence-electron chi connectivity index (χ4n) is 0.923. The molecule has 0 bridgehead atoms. The van der Waals surface area contributed by atoms with Gasteiger partial charge in [-0.25, -0.2) is 4.79 Å². The van der Waals surface area contributed by atoms with E-state index in [9.17, 15) is 9.59 Å². The summed E-state index contributed by atoms with van der Waals surface area (Å²) in [6.07, 6.45) is 1.91. The fourth-order valence-corrected chi connectivity index (χ4v) is 0.923. The minimum atomic E-state index is -0.294. The normalized spacial score (nSPS) is 16.3. The van der Waals surface area contributed by atoms with Gasteiger partial charge in [0.25, 0.3) is 0 Å². The second-order valence-electron chi connectivity index (χ2n) is 3.02. The van der Waals surface area contributed by atoms with E-state index < -0.39 is 0 Å². The molecule has 3 amide bonds. The Labute approximate surface area is 71.2 Å². The molecule has 0 aromatic rings. The molecule has 66 valence electrons. The summed E-state index contributed by atoms with van der Waals surface area (Å²) in [5.74, 6) is -0.220. The quantitative estimate of drug-likeness (QED) is 0.482. The highest BCUT2D eigenvalue weighted by molar-refractivity contribution is 6.01. The average Bonchev–Trinajstić information content (AvgIpc) is 2.26. The highest BCUT2D eigenvalue weighted by atomic mass is 16.2. The van der Waals surface area contributed by atoms with Crippen LogP contribution in [-0.4, -0.2) is 29.9 Å². The molecule has 1 rings (SSSR count).